The van der Waals surface area contributed by atoms with Crippen molar-refractivity contribution < 1.29 is 30.3 Å². The Morgan fingerprint density at radius 2 is 1.61 bits per heavy atom. The molecule has 3 heterocycles. The summed E-state index contributed by atoms with van der Waals surface area (Å²) < 4.78 is 29.7. The van der Waals surface area contributed by atoms with E-state index in [1.54, 1.807) is 30.5 Å². The molecule has 0 bridgehead atoms. The molecule has 46 heavy (non-hydrogen) atoms. The number of hydrogen-bond acceptors (Lipinski definition) is 3. The Bertz CT molecular complexity index is 2140. The Kier molecular flexibility index (Phi) is 9.93. The minimum Gasteiger partial charge on any atom is 0 e. The predicted octanol–water partition coefficient (Wildman–Crippen LogP) is 10.5. The summed E-state index contributed by atoms with van der Waals surface area (Å²) in [6.07, 6.45) is 3.77. The average Bonchev–Trinajstić information content (AvgIpc) is 3.45. The number of nitrogens with zero attached hydrogens (tertiary/aromatic N) is 2. The third-order valence-electron chi connectivity index (χ3n) is 7.78. The predicted molar refractivity (Wildman–Crippen MR) is 187 cm³/mol. The summed E-state index contributed by atoms with van der Waals surface area (Å²) in [6.45, 7) is 3.65. The van der Waals surface area contributed by atoms with E-state index in [-0.39, 0.29) is 25.9 Å². The van der Waals surface area contributed by atoms with E-state index in [4.69, 9.17) is 10.8 Å². The molecular formula is C40H35FGeIrN2O-2. The zero-order valence-corrected chi connectivity index (χ0v) is 31.0. The van der Waals surface area contributed by atoms with Gasteiger partial charge in [-0.05, 0) is 29.8 Å². The number of furan rings is 1. The molecule has 3 aromatic heterocycles. The van der Waals surface area contributed by atoms with E-state index in [2.05, 4.69) is 83.0 Å². The normalized spacial score (nSPS) is 11.8. The molecule has 0 aliphatic rings. The van der Waals surface area contributed by atoms with E-state index in [0.29, 0.717) is 33.2 Å². The van der Waals surface area contributed by atoms with E-state index in [9.17, 15) is 4.39 Å². The molecule has 0 saturated carbocycles. The molecule has 0 N–H and O–H groups in total. The van der Waals surface area contributed by atoms with Gasteiger partial charge in [0.15, 0.2) is 0 Å². The quantitative estimate of drug-likeness (QED) is 0.128. The molecule has 0 amide bonds. The van der Waals surface area contributed by atoms with E-state index in [1.165, 1.54) is 21.6 Å². The molecule has 0 saturated heterocycles. The summed E-state index contributed by atoms with van der Waals surface area (Å²) >= 11 is -1.99. The molecule has 233 valence electrons. The summed E-state index contributed by atoms with van der Waals surface area (Å²) in [5.74, 6) is 6.20. The van der Waals surface area contributed by atoms with Crippen LogP contribution in [0.5, 0.6) is 0 Å². The van der Waals surface area contributed by atoms with Gasteiger partial charge in [0.05, 0.1) is 5.58 Å². The third-order valence-corrected chi connectivity index (χ3v) is 12.0. The fraction of sp³-hybridized carbons (Fsp3) is 0.150. The second-order valence-corrected chi connectivity index (χ2v) is 22.8. The van der Waals surface area contributed by atoms with Crippen molar-refractivity contribution in [3.05, 3.63) is 139 Å². The molecule has 0 aliphatic heterocycles. The van der Waals surface area contributed by atoms with Crippen LogP contribution >= 0.6 is 0 Å². The maximum absolute atomic E-state index is 14.2. The van der Waals surface area contributed by atoms with Crippen molar-refractivity contribution in [2.45, 2.75) is 37.0 Å². The average molecular weight is 845 g/mol. The Morgan fingerprint density at radius 1 is 0.826 bits per heavy atom. The number of hydrogen-bond donors (Lipinski definition) is 0. The zero-order valence-electron chi connectivity index (χ0n) is 27.5. The van der Waals surface area contributed by atoms with Gasteiger partial charge >= 0.3 is 135 Å². The molecule has 0 atom stereocenters. The summed E-state index contributed by atoms with van der Waals surface area (Å²) in [6, 6.07) is 39.4. The first-order valence-electron chi connectivity index (χ1n) is 15.5. The summed E-state index contributed by atoms with van der Waals surface area (Å²) in [5, 5.41) is 1.17. The number of halogens is 1. The van der Waals surface area contributed by atoms with Crippen molar-refractivity contribution in [2.24, 2.45) is 0 Å². The Labute approximate surface area is 288 Å². The number of rotatable bonds is 5. The molecule has 0 spiro atoms. The van der Waals surface area contributed by atoms with Gasteiger partial charge in [-0.2, -0.15) is 0 Å². The molecule has 0 aliphatic carbocycles. The molecule has 7 aromatic rings. The van der Waals surface area contributed by atoms with Crippen LogP contribution < -0.4 is 4.40 Å². The topological polar surface area (TPSA) is 38.9 Å². The van der Waals surface area contributed by atoms with Crippen LogP contribution in [0.2, 0.25) is 17.3 Å². The van der Waals surface area contributed by atoms with Gasteiger partial charge in [-0.3, -0.25) is 0 Å². The van der Waals surface area contributed by atoms with Gasteiger partial charge in [-0.1, -0.05) is 42.5 Å². The molecular weight excluding hydrogens is 808 g/mol. The zero-order chi connectivity index (χ0) is 32.5. The molecule has 3 nitrogen and oxygen atoms in total. The smallest absolute Gasteiger partial charge is 0 e. The van der Waals surface area contributed by atoms with Crippen LogP contribution in [-0.4, -0.2) is 23.2 Å². The number of fused-ring (bicyclic) bond motifs is 3. The first-order chi connectivity index (χ1) is 22.0. The van der Waals surface area contributed by atoms with Crippen molar-refractivity contribution in [3.8, 4) is 33.6 Å². The van der Waals surface area contributed by atoms with Crippen molar-refractivity contribution in [1.82, 2.24) is 9.97 Å². The van der Waals surface area contributed by atoms with Gasteiger partial charge in [0.25, 0.3) is 0 Å². The molecule has 6 heteroatoms. The molecule has 0 unspecified atom stereocenters. The van der Waals surface area contributed by atoms with Gasteiger partial charge in [-0.25, -0.2) is 4.39 Å². The van der Waals surface area contributed by atoms with Gasteiger partial charge in [0, 0.05) is 33.1 Å². The molecule has 4 aromatic carbocycles. The number of benzene rings is 4. The van der Waals surface area contributed by atoms with Crippen LogP contribution in [-0.2, 0) is 20.1 Å². The third kappa shape index (κ3) is 7.07. The van der Waals surface area contributed by atoms with Crippen LogP contribution in [0.1, 0.15) is 26.7 Å². The summed E-state index contributed by atoms with van der Waals surface area (Å²) in [4.78, 5) is 9.11. The van der Waals surface area contributed by atoms with E-state index in [1.807, 2.05) is 44.2 Å². The van der Waals surface area contributed by atoms with Crippen molar-refractivity contribution in [2.75, 3.05) is 0 Å². The van der Waals surface area contributed by atoms with Crippen LogP contribution in [0.25, 0.3) is 55.6 Å². The van der Waals surface area contributed by atoms with Crippen LogP contribution in [0.4, 0.5) is 4.39 Å². The number of pyridine rings is 2. The van der Waals surface area contributed by atoms with Crippen LogP contribution in [0.15, 0.2) is 120 Å². The molecule has 0 fully saturated rings. The fourth-order valence-electron chi connectivity index (χ4n) is 5.43. The maximum atomic E-state index is 14.2. The van der Waals surface area contributed by atoms with Gasteiger partial charge in [-0.15, -0.1) is 18.2 Å². The fourth-order valence-corrected chi connectivity index (χ4v) is 8.52. The minimum absolute atomic E-state index is 0. The second kappa shape index (κ2) is 14.3. The first-order valence-corrected chi connectivity index (χ1v) is 22.4. The van der Waals surface area contributed by atoms with E-state index >= 15 is 0 Å². The molecule has 7 rings (SSSR count). The van der Waals surface area contributed by atoms with Crippen molar-refractivity contribution in [3.63, 3.8) is 0 Å². The SMILES string of the molecule is [2H]C(C)(C)c1ccnc(-c2[c-]ccc3c2oc2cccc(F)c23)c1.[CH3][Ge]([CH3])([CH3])[c]1cnc(-c2[c-]cccc2)cc1-c1ccccc1.[Ir]. The van der Waals surface area contributed by atoms with E-state index in [0.717, 1.165) is 16.8 Å². The van der Waals surface area contributed by atoms with Crippen LogP contribution in [0.3, 0.4) is 0 Å². The van der Waals surface area contributed by atoms with Gasteiger partial charge in [0.2, 0.25) is 0 Å². The van der Waals surface area contributed by atoms with Crippen molar-refractivity contribution >= 4 is 39.6 Å². The Morgan fingerprint density at radius 3 is 2.33 bits per heavy atom. The monoisotopic (exact) mass is 846 g/mol. The van der Waals surface area contributed by atoms with Crippen molar-refractivity contribution in [1.29, 1.82) is 0 Å². The number of aromatic nitrogens is 2. The largest absolute Gasteiger partial charge is 0 e. The van der Waals surface area contributed by atoms with E-state index < -0.39 is 19.2 Å². The second-order valence-electron chi connectivity index (χ2n) is 12.2. The Hall–Kier alpha value is -3.90. The van der Waals surface area contributed by atoms with Crippen LogP contribution in [0, 0.1) is 17.9 Å². The van der Waals surface area contributed by atoms with Gasteiger partial charge < -0.3 is 9.40 Å². The maximum Gasteiger partial charge on any atom is 0 e. The minimum atomic E-state index is -1.99. The summed E-state index contributed by atoms with van der Waals surface area (Å²) in [5.41, 5.74) is 7.90. The molecule has 1 radical (unpaired) electrons. The first kappa shape index (κ1) is 32.1. The summed E-state index contributed by atoms with van der Waals surface area (Å²) in [7, 11) is 0. The Balaban J connectivity index is 0.000000181. The standard InChI is InChI=1S/C20H15FNO.C20H20GeN.Ir/c1-12(2)13-9-10-22-17(11-13)14-5-3-6-15-19-16(21)7-4-8-18(19)23-20(14)15;1-21(2,3)19-15-22-20(17-12-8-5-9-13-17)14-18(19)16-10-6-4-7-11-16;/h3-4,6-12H,1-2H3;4-12,14-15H,1-3H3;/q2*-1;/i12D;;. The van der Waals surface area contributed by atoms with Gasteiger partial charge in [0.1, 0.15) is 11.4 Å².